The lowest BCUT2D eigenvalue weighted by Gasteiger charge is -2.30. The highest BCUT2D eigenvalue weighted by atomic mass is 19.1. The number of carbonyl (C=O) groups is 1. The van der Waals surface area contributed by atoms with Crippen LogP contribution >= 0.6 is 0 Å². The predicted octanol–water partition coefficient (Wildman–Crippen LogP) is 3.97. The maximum atomic E-state index is 14.2. The highest BCUT2D eigenvalue weighted by Gasteiger charge is 2.31. The predicted molar refractivity (Wildman–Crippen MR) is 115 cm³/mol. The van der Waals surface area contributed by atoms with Crippen molar-refractivity contribution in [3.8, 4) is 11.5 Å². The minimum atomic E-state index is -0.655. The third-order valence-electron chi connectivity index (χ3n) is 5.63. The molecule has 0 saturated heterocycles. The summed E-state index contributed by atoms with van der Waals surface area (Å²) in [6, 6.07) is 9.20. The lowest BCUT2D eigenvalue weighted by Crippen LogP contribution is -2.44. The molecule has 2 heterocycles. The number of hydrogen-bond donors (Lipinski definition) is 1. The summed E-state index contributed by atoms with van der Waals surface area (Å²) in [7, 11) is 1.48. The van der Waals surface area contributed by atoms with Crippen LogP contribution in [0, 0.1) is 11.6 Å². The van der Waals surface area contributed by atoms with Gasteiger partial charge < -0.3 is 19.5 Å². The van der Waals surface area contributed by atoms with Gasteiger partial charge in [0.1, 0.15) is 17.2 Å². The molecule has 170 valence electrons. The smallest absolute Gasteiger partial charge is 0.261 e. The first-order valence-corrected chi connectivity index (χ1v) is 10.6. The lowest BCUT2D eigenvalue weighted by atomic mass is 9.99. The minimum absolute atomic E-state index is 0.0316. The Kier molecular flexibility index (Phi) is 7.02. The molecule has 8 heteroatoms. The molecule has 32 heavy (non-hydrogen) atoms. The van der Waals surface area contributed by atoms with Crippen LogP contribution < -0.4 is 14.8 Å². The summed E-state index contributed by atoms with van der Waals surface area (Å²) in [6.45, 7) is 2.53. The van der Waals surface area contributed by atoms with Gasteiger partial charge in [0.05, 0.1) is 0 Å². The number of fused-ring (bicyclic) bond motifs is 1. The Balaban J connectivity index is 1.31. The molecule has 2 aliphatic rings. The van der Waals surface area contributed by atoms with Crippen molar-refractivity contribution in [2.24, 2.45) is 0 Å². The van der Waals surface area contributed by atoms with Gasteiger partial charge in [-0.15, -0.1) is 0 Å². The van der Waals surface area contributed by atoms with E-state index in [-0.39, 0.29) is 29.7 Å². The van der Waals surface area contributed by atoms with Crippen molar-refractivity contribution < 1.29 is 27.8 Å². The first kappa shape index (κ1) is 22.2. The SMILES string of the molecule is COCOc1ccc(F)c2c1OC(CCCN1CC=C(c3ccc(F)cc3)CC1)NC2=O. The number of nitrogens with zero attached hydrogens (tertiary/aromatic N) is 1. The molecular formula is C24H26F2N2O4. The fraction of sp³-hybridized carbons (Fsp3) is 0.375. The minimum Gasteiger partial charge on any atom is -0.466 e. The quantitative estimate of drug-likeness (QED) is 0.625. The fourth-order valence-electron chi connectivity index (χ4n) is 3.97. The molecule has 0 saturated carbocycles. The van der Waals surface area contributed by atoms with Crippen LogP contribution in [0.5, 0.6) is 11.5 Å². The number of halogens is 2. The molecule has 6 nitrogen and oxygen atoms in total. The Labute approximate surface area is 185 Å². The zero-order valence-corrected chi connectivity index (χ0v) is 17.9. The van der Waals surface area contributed by atoms with E-state index in [4.69, 9.17) is 14.2 Å². The summed E-state index contributed by atoms with van der Waals surface area (Å²) in [5.74, 6) is -1.01. The van der Waals surface area contributed by atoms with E-state index in [0.717, 1.165) is 38.0 Å². The Bertz CT molecular complexity index is 994. The van der Waals surface area contributed by atoms with Gasteiger partial charge >= 0.3 is 0 Å². The third kappa shape index (κ3) is 5.08. The molecule has 0 bridgehead atoms. The number of methoxy groups -OCH3 is 1. The normalized spacial score (nSPS) is 18.4. The average molecular weight is 444 g/mol. The van der Waals surface area contributed by atoms with Crippen LogP contribution in [0.2, 0.25) is 0 Å². The van der Waals surface area contributed by atoms with Crippen LogP contribution in [0.25, 0.3) is 5.57 Å². The first-order valence-electron chi connectivity index (χ1n) is 10.6. The molecule has 1 N–H and O–H groups in total. The van der Waals surface area contributed by atoms with Gasteiger partial charge in [0.2, 0.25) is 0 Å². The van der Waals surface area contributed by atoms with E-state index >= 15 is 0 Å². The molecule has 1 unspecified atom stereocenters. The first-order chi connectivity index (χ1) is 15.5. The topological polar surface area (TPSA) is 60.0 Å². The van der Waals surface area contributed by atoms with Crippen molar-refractivity contribution in [3.05, 3.63) is 65.2 Å². The summed E-state index contributed by atoms with van der Waals surface area (Å²) in [5.41, 5.74) is 2.14. The molecule has 4 rings (SSSR count). The van der Waals surface area contributed by atoms with Crippen LogP contribution in [-0.2, 0) is 4.74 Å². The Morgan fingerprint density at radius 3 is 2.72 bits per heavy atom. The molecule has 0 spiro atoms. The zero-order valence-electron chi connectivity index (χ0n) is 17.9. The highest BCUT2D eigenvalue weighted by molar-refractivity contribution is 5.99. The van der Waals surface area contributed by atoms with Gasteiger partial charge in [-0.1, -0.05) is 18.2 Å². The molecule has 0 aromatic heterocycles. The van der Waals surface area contributed by atoms with Crippen LogP contribution in [0.4, 0.5) is 8.78 Å². The second-order valence-electron chi connectivity index (χ2n) is 7.81. The molecule has 1 amide bonds. The number of hydrogen-bond acceptors (Lipinski definition) is 5. The number of amides is 1. The summed E-state index contributed by atoms with van der Waals surface area (Å²) >= 11 is 0. The monoisotopic (exact) mass is 444 g/mol. The van der Waals surface area contributed by atoms with Gasteiger partial charge in [-0.3, -0.25) is 9.69 Å². The molecule has 2 aliphatic heterocycles. The van der Waals surface area contributed by atoms with Crippen molar-refractivity contribution in [3.63, 3.8) is 0 Å². The van der Waals surface area contributed by atoms with Gasteiger partial charge in [-0.25, -0.2) is 8.78 Å². The molecule has 2 aromatic rings. The molecular weight excluding hydrogens is 418 g/mol. The summed E-state index contributed by atoms with van der Waals surface area (Å²) in [4.78, 5) is 14.8. The molecule has 2 aromatic carbocycles. The van der Waals surface area contributed by atoms with Crippen molar-refractivity contribution >= 4 is 11.5 Å². The fourth-order valence-corrected chi connectivity index (χ4v) is 3.97. The van der Waals surface area contributed by atoms with E-state index in [2.05, 4.69) is 16.3 Å². The molecule has 0 fully saturated rings. The summed E-state index contributed by atoms with van der Waals surface area (Å²) < 4.78 is 43.5. The third-order valence-corrected chi connectivity index (χ3v) is 5.63. The van der Waals surface area contributed by atoms with Crippen molar-refractivity contribution in [2.45, 2.75) is 25.5 Å². The molecule has 0 aliphatic carbocycles. The van der Waals surface area contributed by atoms with Crippen LogP contribution in [0.15, 0.2) is 42.5 Å². The standard InChI is InChI=1S/C24H26F2N2O4/c1-30-15-31-20-9-8-19(26)22-23(20)32-21(27-24(22)29)3-2-12-28-13-10-17(11-14-28)16-4-6-18(25)7-5-16/h4-10,21H,2-3,11-15H2,1H3,(H,27,29). The lowest BCUT2D eigenvalue weighted by molar-refractivity contribution is 0.0422. The van der Waals surface area contributed by atoms with Crippen molar-refractivity contribution in [1.82, 2.24) is 10.2 Å². The Morgan fingerprint density at radius 1 is 1.19 bits per heavy atom. The van der Waals surface area contributed by atoms with E-state index in [1.54, 1.807) is 0 Å². The molecule has 0 radical (unpaired) electrons. The number of carbonyl (C=O) groups excluding carboxylic acids is 1. The maximum absolute atomic E-state index is 14.2. The summed E-state index contributed by atoms with van der Waals surface area (Å²) in [6.07, 6.45) is 3.89. The van der Waals surface area contributed by atoms with Crippen molar-refractivity contribution in [1.29, 1.82) is 0 Å². The van der Waals surface area contributed by atoms with Crippen LogP contribution in [0.1, 0.15) is 35.2 Å². The Morgan fingerprint density at radius 2 is 2.00 bits per heavy atom. The number of nitrogens with one attached hydrogen (secondary N) is 1. The van der Waals surface area contributed by atoms with Crippen LogP contribution in [-0.4, -0.2) is 50.6 Å². The highest BCUT2D eigenvalue weighted by Crippen LogP contribution is 2.36. The summed E-state index contributed by atoms with van der Waals surface area (Å²) in [5, 5.41) is 2.72. The van der Waals surface area contributed by atoms with Gasteiger partial charge in [0.25, 0.3) is 5.91 Å². The van der Waals surface area contributed by atoms with Crippen molar-refractivity contribution in [2.75, 3.05) is 33.5 Å². The van der Waals surface area contributed by atoms with Gasteiger partial charge in [0.15, 0.2) is 24.5 Å². The largest absolute Gasteiger partial charge is 0.466 e. The number of rotatable bonds is 8. The van der Waals surface area contributed by atoms with E-state index in [0.29, 0.717) is 6.42 Å². The zero-order chi connectivity index (χ0) is 22.5. The van der Waals surface area contributed by atoms with E-state index in [1.807, 2.05) is 12.1 Å². The van der Waals surface area contributed by atoms with Gasteiger partial charge in [0, 0.05) is 26.6 Å². The average Bonchev–Trinajstić information content (AvgIpc) is 2.79. The van der Waals surface area contributed by atoms with E-state index in [9.17, 15) is 13.6 Å². The molecule has 1 atom stereocenters. The number of ether oxygens (including phenoxy) is 3. The van der Waals surface area contributed by atoms with E-state index < -0.39 is 18.0 Å². The van der Waals surface area contributed by atoms with Gasteiger partial charge in [-0.2, -0.15) is 0 Å². The van der Waals surface area contributed by atoms with Crippen LogP contribution in [0.3, 0.4) is 0 Å². The van der Waals surface area contributed by atoms with Gasteiger partial charge in [-0.05, 0) is 54.8 Å². The maximum Gasteiger partial charge on any atom is 0.261 e. The van der Waals surface area contributed by atoms with E-state index in [1.165, 1.54) is 36.9 Å². The second-order valence-corrected chi connectivity index (χ2v) is 7.81. The number of benzene rings is 2. The Hall–Kier alpha value is -2.97. The second kappa shape index (κ2) is 10.1.